The van der Waals surface area contributed by atoms with Crippen LogP contribution in [0, 0.1) is 6.92 Å². The van der Waals surface area contributed by atoms with Crippen molar-refractivity contribution in [2.24, 2.45) is 0 Å². The maximum Gasteiger partial charge on any atom is 0.407 e. The minimum atomic E-state index is -0.294. The van der Waals surface area contributed by atoms with Crippen LogP contribution < -0.4 is 10.2 Å². The largest absolute Gasteiger partial charge is 0.450 e. The summed E-state index contributed by atoms with van der Waals surface area (Å²) >= 11 is 0. The number of hydrogen-bond donors (Lipinski definition) is 1. The molecule has 1 N–H and O–H groups in total. The molecule has 1 aromatic rings. The van der Waals surface area contributed by atoms with Crippen molar-refractivity contribution in [2.75, 3.05) is 24.6 Å². The molecule has 0 radical (unpaired) electrons. The van der Waals surface area contributed by atoms with Gasteiger partial charge in [0, 0.05) is 24.8 Å². The van der Waals surface area contributed by atoms with Crippen molar-refractivity contribution in [3.63, 3.8) is 0 Å². The van der Waals surface area contributed by atoms with E-state index in [1.165, 1.54) is 0 Å². The quantitative estimate of drug-likeness (QED) is 0.848. The van der Waals surface area contributed by atoms with E-state index in [1.807, 2.05) is 19.2 Å². The van der Waals surface area contributed by atoms with Crippen LogP contribution in [0.3, 0.4) is 0 Å². The first-order valence-corrected chi connectivity index (χ1v) is 7.80. The number of rotatable bonds is 5. The van der Waals surface area contributed by atoms with Gasteiger partial charge in [0.15, 0.2) is 0 Å². The summed E-state index contributed by atoms with van der Waals surface area (Å²) in [5.41, 5.74) is 2.14. The van der Waals surface area contributed by atoms with Crippen LogP contribution in [-0.2, 0) is 4.74 Å². The highest BCUT2D eigenvalue weighted by atomic mass is 16.5. The van der Waals surface area contributed by atoms with Crippen molar-refractivity contribution in [1.29, 1.82) is 0 Å². The van der Waals surface area contributed by atoms with Crippen LogP contribution in [0.5, 0.6) is 0 Å². The number of carbonyl (C=O) groups is 1. The van der Waals surface area contributed by atoms with Gasteiger partial charge < -0.3 is 15.0 Å². The van der Waals surface area contributed by atoms with Crippen molar-refractivity contribution in [1.82, 2.24) is 10.3 Å². The molecule has 1 saturated heterocycles. The van der Waals surface area contributed by atoms with E-state index in [-0.39, 0.29) is 12.1 Å². The lowest BCUT2D eigenvalue weighted by molar-refractivity contribution is 0.139. The number of aromatic nitrogens is 1. The van der Waals surface area contributed by atoms with Gasteiger partial charge in [-0.05, 0) is 38.3 Å². The second-order valence-corrected chi connectivity index (χ2v) is 5.58. The molecule has 1 aromatic heterocycles. The zero-order chi connectivity index (χ0) is 15.1. The number of piperidine rings is 1. The molecule has 0 bridgehead atoms. The summed E-state index contributed by atoms with van der Waals surface area (Å²) in [6.07, 6.45) is 5.62. The van der Waals surface area contributed by atoms with Crippen LogP contribution >= 0.6 is 0 Å². The molecule has 1 amide bonds. The normalized spacial score (nSPS) is 18.4. The Morgan fingerprint density at radius 3 is 3.10 bits per heavy atom. The summed E-state index contributed by atoms with van der Waals surface area (Å²) in [5, 5.41) is 2.97. The van der Waals surface area contributed by atoms with Crippen LogP contribution in [0.4, 0.5) is 10.5 Å². The van der Waals surface area contributed by atoms with E-state index in [2.05, 4.69) is 28.2 Å². The van der Waals surface area contributed by atoms with E-state index in [9.17, 15) is 4.79 Å². The Kier molecular flexibility index (Phi) is 5.84. The van der Waals surface area contributed by atoms with Gasteiger partial charge in [0.25, 0.3) is 0 Å². The summed E-state index contributed by atoms with van der Waals surface area (Å²) in [5.74, 6) is 0. The van der Waals surface area contributed by atoms with Crippen molar-refractivity contribution in [3.8, 4) is 0 Å². The highest BCUT2D eigenvalue weighted by Crippen LogP contribution is 2.19. The van der Waals surface area contributed by atoms with Gasteiger partial charge in [-0.3, -0.25) is 4.98 Å². The molecule has 1 aliphatic rings. The summed E-state index contributed by atoms with van der Waals surface area (Å²) in [7, 11) is 0. The third-order valence-electron chi connectivity index (χ3n) is 3.74. The Morgan fingerprint density at radius 2 is 2.38 bits per heavy atom. The molecule has 0 aliphatic carbocycles. The highest BCUT2D eigenvalue weighted by Gasteiger charge is 2.22. The average Bonchev–Trinajstić information content (AvgIpc) is 2.48. The molecule has 2 heterocycles. The molecule has 0 spiro atoms. The van der Waals surface area contributed by atoms with E-state index >= 15 is 0 Å². The first-order valence-electron chi connectivity index (χ1n) is 7.80. The lowest BCUT2D eigenvalue weighted by atomic mass is 10.1. The van der Waals surface area contributed by atoms with E-state index in [1.54, 1.807) is 0 Å². The predicted molar refractivity (Wildman–Crippen MR) is 83.6 cm³/mol. The number of nitrogens with zero attached hydrogens (tertiary/aromatic N) is 2. The van der Waals surface area contributed by atoms with Gasteiger partial charge >= 0.3 is 6.09 Å². The van der Waals surface area contributed by atoms with E-state index in [4.69, 9.17) is 4.74 Å². The zero-order valence-electron chi connectivity index (χ0n) is 13.0. The Labute approximate surface area is 126 Å². The molecule has 1 aliphatic heterocycles. The predicted octanol–water partition coefficient (Wildman–Crippen LogP) is 2.89. The molecule has 5 heteroatoms. The minimum Gasteiger partial charge on any atom is -0.450 e. The summed E-state index contributed by atoms with van der Waals surface area (Å²) in [4.78, 5) is 18.3. The number of pyridine rings is 1. The number of anilines is 1. The zero-order valence-corrected chi connectivity index (χ0v) is 13.0. The average molecular weight is 291 g/mol. The van der Waals surface area contributed by atoms with Gasteiger partial charge in [-0.2, -0.15) is 0 Å². The summed E-state index contributed by atoms with van der Waals surface area (Å²) < 4.78 is 5.16. The molecule has 1 atom stereocenters. The Balaban J connectivity index is 1.83. The number of aryl methyl sites for hydroxylation is 1. The van der Waals surface area contributed by atoms with Crippen molar-refractivity contribution >= 4 is 11.8 Å². The van der Waals surface area contributed by atoms with Crippen LogP contribution in [0.1, 0.15) is 38.3 Å². The summed E-state index contributed by atoms with van der Waals surface area (Å²) in [6.45, 7) is 6.38. The standard InChI is InChI=1S/C16H25N3O2/c1-3-4-10-21-16(20)18-14-6-5-9-19(12-14)15-8-7-13(2)17-11-15/h7-8,11,14H,3-6,9-10,12H2,1-2H3,(H,18,20)/t14-/m0/s1. The molecular formula is C16H25N3O2. The Hall–Kier alpha value is -1.78. The maximum absolute atomic E-state index is 11.7. The second kappa shape index (κ2) is 7.86. The third kappa shape index (κ3) is 4.92. The Bertz CT molecular complexity index is 447. The fourth-order valence-electron chi connectivity index (χ4n) is 2.49. The van der Waals surface area contributed by atoms with Gasteiger partial charge in [0.2, 0.25) is 0 Å². The molecule has 1 fully saturated rings. The van der Waals surface area contributed by atoms with Crippen molar-refractivity contribution < 1.29 is 9.53 Å². The SMILES string of the molecule is CCCCOC(=O)N[C@H]1CCCN(c2ccc(C)nc2)C1. The summed E-state index contributed by atoms with van der Waals surface area (Å²) in [6, 6.07) is 4.25. The number of hydrogen-bond acceptors (Lipinski definition) is 4. The van der Waals surface area contributed by atoms with Crippen LogP contribution in [0.2, 0.25) is 0 Å². The van der Waals surface area contributed by atoms with Gasteiger partial charge in [-0.1, -0.05) is 13.3 Å². The molecule has 5 nitrogen and oxygen atoms in total. The third-order valence-corrected chi connectivity index (χ3v) is 3.74. The van der Waals surface area contributed by atoms with Gasteiger partial charge in [-0.25, -0.2) is 4.79 Å². The number of carbonyl (C=O) groups excluding carboxylic acids is 1. The van der Waals surface area contributed by atoms with E-state index in [0.29, 0.717) is 6.61 Å². The van der Waals surface area contributed by atoms with Crippen molar-refractivity contribution in [3.05, 3.63) is 24.0 Å². The minimum absolute atomic E-state index is 0.147. The van der Waals surface area contributed by atoms with Gasteiger partial charge in [0.05, 0.1) is 18.5 Å². The number of amides is 1. The molecular weight excluding hydrogens is 266 g/mol. The highest BCUT2D eigenvalue weighted by molar-refractivity contribution is 5.67. The topological polar surface area (TPSA) is 54.5 Å². The number of alkyl carbamates (subject to hydrolysis) is 1. The van der Waals surface area contributed by atoms with Crippen LogP contribution in [-0.4, -0.2) is 36.8 Å². The van der Waals surface area contributed by atoms with Crippen LogP contribution in [0.15, 0.2) is 18.3 Å². The monoisotopic (exact) mass is 291 g/mol. The molecule has 21 heavy (non-hydrogen) atoms. The van der Waals surface area contributed by atoms with Crippen molar-refractivity contribution in [2.45, 2.75) is 45.6 Å². The lowest BCUT2D eigenvalue weighted by Crippen LogP contribution is -2.48. The molecule has 0 saturated carbocycles. The van der Waals surface area contributed by atoms with Gasteiger partial charge in [-0.15, -0.1) is 0 Å². The first-order chi connectivity index (χ1) is 10.2. The molecule has 2 rings (SSSR count). The maximum atomic E-state index is 11.7. The van der Waals surface area contributed by atoms with Gasteiger partial charge in [0.1, 0.15) is 0 Å². The first kappa shape index (κ1) is 15.6. The second-order valence-electron chi connectivity index (χ2n) is 5.58. The lowest BCUT2D eigenvalue weighted by Gasteiger charge is -2.34. The number of unbranched alkanes of at least 4 members (excludes halogenated alkanes) is 1. The van der Waals surface area contributed by atoms with E-state index in [0.717, 1.165) is 50.2 Å². The molecule has 0 aromatic carbocycles. The molecule has 0 unspecified atom stereocenters. The fraction of sp³-hybridized carbons (Fsp3) is 0.625. The molecule has 116 valence electrons. The Morgan fingerprint density at radius 1 is 1.52 bits per heavy atom. The number of ether oxygens (including phenoxy) is 1. The smallest absolute Gasteiger partial charge is 0.407 e. The fourth-order valence-corrected chi connectivity index (χ4v) is 2.49. The van der Waals surface area contributed by atoms with Crippen LogP contribution in [0.25, 0.3) is 0 Å². The number of nitrogens with one attached hydrogen (secondary N) is 1. The van der Waals surface area contributed by atoms with E-state index < -0.39 is 0 Å².